The number of benzene rings is 3. The third-order valence-corrected chi connectivity index (χ3v) is 5.64. The number of nitrogens with one attached hydrogen (secondary N) is 1. The predicted octanol–water partition coefficient (Wildman–Crippen LogP) is 5.42. The van der Waals surface area contributed by atoms with Crippen LogP contribution in [-0.2, 0) is 4.79 Å². The largest absolute Gasteiger partial charge is 0.325 e. The van der Waals surface area contributed by atoms with E-state index in [0.717, 1.165) is 22.5 Å². The lowest BCUT2D eigenvalue weighted by atomic mass is 10.2. The molecule has 5 nitrogen and oxygen atoms in total. The second-order valence-corrected chi connectivity index (χ2v) is 8.10. The lowest BCUT2D eigenvalue weighted by molar-refractivity contribution is -0.113. The van der Waals surface area contributed by atoms with Crippen molar-refractivity contribution in [3.63, 3.8) is 0 Å². The Kier molecular flexibility index (Phi) is 6.13. The number of halogens is 1. The molecule has 0 unspecified atom stereocenters. The molecule has 0 saturated heterocycles. The molecule has 0 aliphatic heterocycles. The Morgan fingerprint density at radius 2 is 1.58 bits per heavy atom. The summed E-state index contributed by atoms with van der Waals surface area (Å²) in [5.74, 6) is 0.00914. The number of carbonyl (C=O) groups is 1. The normalized spacial score (nSPS) is 10.8. The molecule has 0 saturated carbocycles. The molecule has 0 aliphatic carbocycles. The van der Waals surface area contributed by atoms with Gasteiger partial charge in [-0.25, -0.2) is 4.39 Å². The highest BCUT2D eigenvalue weighted by atomic mass is 32.2. The van der Waals surface area contributed by atoms with E-state index in [1.165, 1.54) is 17.8 Å². The third kappa shape index (κ3) is 4.83. The van der Waals surface area contributed by atoms with Crippen LogP contribution in [0, 0.1) is 19.7 Å². The molecule has 1 aromatic heterocycles. The molecular formula is C24H21FN4OS. The summed E-state index contributed by atoms with van der Waals surface area (Å²) in [5, 5.41) is 11.9. The first-order chi connectivity index (χ1) is 15.0. The third-order valence-electron chi connectivity index (χ3n) is 4.71. The van der Waals surface area contributed by atoms with Gasteiger partial charge in [-0.1, -0.05) is 59.3 Å². The topological polar surface area (TPSA) is 59.8 Å². The minimum atomic E-state index is -0.378. The van der Waals surface area contributed by atoms with Crippen LogP contribution in [0.2, 0.25) is 0 Å². The second kappa shape index (κ2) is 9.14. The van der Waals surface area contributed by atoms with Gasteiger partial charge in [0.05, 0.1) is 11.3 Å². The molecule has 1 N–H and O–H groups in total. The molecular weight excluding hydrogens is 411 g/mol. The molecule has 0 bridgehead atoms. The molecule has 0 atom stereocenters. The fraction of sp³-hybridized carbons (Fsp3) is 0.125. The van der Waals surface area contributed by atoms with Gasteiger partial charge >= 0.3 is 0 Å². The van der Waals surface area contributed by atoms with Gasteiger partial charge in [-0.05, 0) is 50.2 Å². The summed E-state index contributed by atoms with van der Waals surface area (Å²) in [7, 11) is 0. The minimum Gasteiger partial charge on any atom is -0.325 e. The molecule has 4 aromatic rings. The van der Waals surface area contributed by atoms with Gasteiger partial charge in [0.2, 0.25) is 5.91 Å². The first-order valence-electron chi connectivity index (χ1n) is 9.78. The van der Waals surface area contributed by atoms with Crippen molar-refractivity contribution in [1.29, 1.82) is 0 Å². The van der Waals surface area contributed by atoms with E-state index in [4.69, 9.17) is 0 Å². The van der Waals surface area contributed by atoms with Crippen LogP contribution in [0.5, 0.6) is 0 Å². The fourth-order valence-corrected chi connectivity index (χ4v) is 3.82. The van der Waals surface area contributed by atoms with Crippen LogP contribution in [0.4, 0.5) is 10.1 Å². The van der Waals surface area contributed by atoms with E-state index < -0.39 is 0 Å². The van der Waals surface area contributed by atoms with Gasteiger partial charge in [0.25, 0.3) is 0 Å². The van der Waals surface area contributed by atoms with Gasteiger partial charge in [0.1, 0.15) is 5.82 Å². The Morgan fingerprint density at radius 1 is 0.935 bits per heavy atom. The van der Waals surface area contributed by atoms with E-state index in [2.05, 4.69) is 15.5 Å². The van der Waals surface area contributed by atoms with Gasteiger partial charge in [-0.3, -0.25) is 9.36 Å². The predicted molar refractivity (Wildman–Crippen MR) is 122 cm³/mol. The van der Waals surface area contributed by atoms with Crippen molar-refractivity contribution in [3.05, 3.63) is 89.7 Å². The van der Waals surface area contributed by atoms with Gasteiger partial charge < -0.3 is 5.32 Å². The number of anilines is 1. The summed E-state index contributed by atoms with van der Waals surface area (Å²) in [6, 6.07) is 21.9. The highest BCUT2D eigenvalue weighted by Gasteiger charge is 2.19. The first-order valence-corrected chi connectivity index (χ1v) is 10.8. The Balaban J connectivity index is 1.61. The summed E-state index contributed by atoms with van der Waals surface area (Å²) >= 11 is 1.25. The smallest absolute Gasteiger partial charge is 0.234 e. The molecule has 0 fully saturated rings. The number of rotatable bonds is 6. The summed E-state index contributed by atoms with van der Waals surface area (Å²) < 4.78 is 16.3. The van der Waals surface area contributed by atoms with Gasteiger partial charge in [-0.2, -0.15) is 0 Å². The number of nitrogens with zero attached hydrogens (tertiary/aromatic N) is 3. The van der Waals surface area contributed by atoms with E-state index >= 15 is 0 Å². The van der Waals surface area contributed by atoms with Gasteiger partial charge in [-0.15, -0.1) is 10.2 Å². The van der Waals surface area contributed by atoms with Gasteiger partial charge in [0, 0.05) is 11.4 Å². The average molecular weight is 433 g/mol. The second-order valence-electron chi connectivity index (χ2n) is 7.16. The van der Waals surface area contributed by atoms with E-state index in [9.17, 15) is 9.18 Å². The van der Waals surface area contributed by atoms with Crippen LogP contribution in [0.25, 0.3) is 17.1 Å². The minimum absolute atomic E-state index is 0.148. The zero-order valence-electron chi connectivity index (χ0n) is 17.2. The number of hydrogen-bond donors (Lipinski definition) is 1. The molecule has 1 amide bonds. The van der Waals surface area contributed by atoms with Crippen molar-refractivity contribution >= 4 is 23.4 Å². The Morgan fingerprint density at radius 3 is 2.26 bits per heavy atom. The highest BCUT2D eigenvalue weighted by Crippen LogP contribution is 2.29. The summed E-state index contributed by atoms with van der Waals surface area (Å²) in [5.41, 5.74) is 4.13. The summed E-state index contributed by atoms with van der Waals surface area (Å²) in [6.45, 7) is 3.99. The SMILES string of the molecule is Cc1ccc(NC(=O)CSc2nnc(-c3ccccc3F)n2-c2ccc(C)cc2)cc1. The standard InChI is InChI=1S/C24H21FN4OS/c1-16-7-11-18(12-8-16)26-22(30)15-31-24-28-27-23(20-5-3-4-6-21(20)25)29(24)19-13-9-17(2)10-14-19/h3-14H,15H2,1-2H3,(H,26,30). The summed E-state index contributed by atoms with van der Waals surface area (Å²) in [4.78, 5) is 12.4. The van der Waals surface area contributed by atoms with Crippen LogP contribution in [0.3, 0.4) is 0 Å². The monoisotopic (exact) mass is 432 g/mol. The fourth-order valence-electron chi connectivity index (χ4n) is 3.07. The van der Waals surface area contributed by atoms with E-state index in [1.807, 2.05) is 62.4 Å². The Hall–Kier alpha value is -3.45. The molecule has 156 valence electrons. The zero-order valence-corrected chi connectivity index (χ0v) is 18.0. The Labute approximate surface area is 184 Å². The van der Waals surface area contributed by atoms with Crippen LogP contribution in [-0.4, -0.2) is 26.4 Å². The van der Waals surface area contributed by atoms with Crippen molar-refractivity contribution in [2.24, 2.45) is 0 Å². The van der Waals surface area contributed by atoms with E-state index in [1.54, 1.807) is 22.8 Å². The number of hydrogen-bond acceptors (Lipinski definition) is 4. The van der Waals surface area contributed by atoms with Crippen molar-refractivity contribution in [3.8, 4) is 17.1 Å². The summed E-state index contributed by atoms with van der Waals surface area (Å²) in [6.07, 6.45) is 0. The zero-order chi connectivity index (χ0) is 21.8. The Bertz CT molecular complexity index is 1200. The molecule has 1 heterocycles. The maximum atomic E-state index is 14.5. The quantitative estimate of drug-likeness (QED) is 0.413. The maximum absolute atomic E-state index is 14.5. The lowest BCUT2D eigenvalue weighted by Crippen LogP contribution is -2.14. The molecule has 31 heavy (non-hydrogen) atoms. The molecule has 0 aliphatic rings. The average Bonchev–Trinajstić information content (AvgIpc) is 3.18. The van der Waals surface area contributed by atoms with Crippen LogP contribution in [0.15, 0.2) is 78.0 Å². The van der Waals surface area contributed by atoms with E-state index in [-0.39, 0.29) is 17.5 Å². The van der Waals surface area contributed by atoms with Crippen molar-refractivity contribution in [2.45, 2.75) is 19.0 Å². The van der Waals surface area contributed by atoms with Crippen molar-refractivity contribution < 1.29 is 9.18 Å². The molecule has 0 spiro atoms. The van der Waals surface area contributed by atoms with Gasteiger partial charge in [0.15, 0.2) is 11.0 Å². The molecule has 0 radical (unpaired) electrons. The number of carbonyl (C=O) groups excluding carboxylic acids is 1. The highest BCUT2D eigenvalue weighted by molar-refractivity contribution is 7.99. The van der Waals surface area contributed by atoms with Crippen LogP contribution >= 0.6 is 11.8 Å². The molecule has 7 heteroatoms. The molecule has 3 aromatic carbocycles. The van der Waals surface area contributed by atoms with Crippen LogP contribution in [0.1, 0.15) is 11.1 Å². The van der Waals surface area contributed by atoms with E-state index in [0.29, 0.717) is 16.5 Å². The van der Waals surface area contributed by atoms with Crippen molar-refractivity contribution in [1.82, 2.24) is 14.8 Å². The number of aryl methyl sites for hydroxylation is 2. The lowest BCUT2D eigenvalue weighted by Gasteiger charge is -2.11. The van der Waals surface area contributed by atoms with Crippen LogP contribution < -0.4 is 5.32 Å². The number of thioether (sulfide) groups is 1. The first kappa shape index (κ1) is 20.8. The molecule has 4 rings (SSSR count). The number of amides is 1. The van der Waals surface area contributed by atoms with Crippen molar-refractivity contribution in [2.75, 3.05) is 11.1 Å². The number of aromatic nitrogens is 3. The maximum Gasteiger partial charge on any atom is 0.234 e.